The molecule has 0 aliphatic heterocycles. The van der Waals surface area contributed by atoms with Crippen LogP contribution in [0.3, 0.4) is 0 Å². The van der Waals surface area contributed by atoms with Crippen LogP contribution in [0.5, 0.6) is 0 Å². The first-order valence-corrected chi connectivity index (χ1v) is 12.5. The zero-order valence-electron chi connectivity index (χ0n) is 18.6. The number of alkyl halides is 3. The summed E-state index contributed by atoms with van der Waals surface area (Å²) in [5.41, 5.74) is -3.18. The second kappa shape index (κ2) is 9.73. The Labute approximate surface area is 195 Å². The lowest BCUT2D eigenvalue weighted by molar-refractivity contribution is -0.192. The van der Waals surface area contributed by atoms with Gasteiger partial charge in [-0.3, -0.25) is 14.5 Å². The summed E-state index contributed by atoms with van der Waals surface area (Å²) in [6.45, 7) is 1.35. The summed E-state index contributed by atoms with van der Waals surface area (Å²) >= 11 is 0. The first kappa shape index (κ1) is 25.7. The minimum atomic E-state index is -4.87. The molecule has 0 bridgehead atoms. The van der Waals surface area contributed by atoms with E-state index in [-0.39, 0.29) is 28.8 Å². The molecule has 34 heavy (non-hydrogen) atoms. The zero-order chi connectivity index (χ0) is 25.1. The minimum Gasteiger partial charge on any atom is -0.334 e. The molecule has 6 nitrogen and oxygen atoms in total. The summed E-state index contributed by atoms with van der Waals surface area (Å²) in [4.78, 5) is 17.0. The van der Waals surface area contributed by atoms with Crippen molar-refractivity contribution in [2.75, 3.05) is 11.0 Å². The van der Waals surface area contributed by atoms with Crippen molar-refractivity contribution < 1.29 is 30.8 Å². The number of anilines is 1. The maximum Gasteiger partial charge on any atom is 0.419 e. The van der Waals surface area contributed by atoms with Gasteiger partial charge < -0.3 is 5.32 Å². The van der Waals surface area contributed by atoms with Gasteiger partial charge in [0.25, 0.3) is 0 Å². The number of benzene rings is 1. The van der Waals surface area contributed by atoms with Gasteiger partial charge in [0.05, 0.1) is 17.9 Å². The maximum absolute atomic E-state index is 14.7. The lowest BCUT2D eigenvalue weighted by Crippen LogP contribution is -2.58. The first-order chi connectivity index (χ1) is 15.8. The highest BCUT2D eigenvalue weighted by Gasteiger charge is 2.59. The van der Waals surface area contributed by atoms with Crippen LogP contribution in [0, 0.1) is 5.82 Å². The van der Waals surface area contributed by atoms with Gasteiger partial charge in [-0.25, -0.2) is 12.8 Å². The first-order valence-electron chi connectivity index (χ1n) is 10.6. The molecule has 1 aliphatic carbocycles. The van der Waals surface area contributed by atoms with E-state index in [4.69, 9.17) is 0 Å². The second-order valence-corrected chi connectivity index (χ2v) is 10.0. The number of rotatable bonds is 7. The van der Waals surface area contributed by atoms with E-state index in [0.717, 1.165) is 31.0 Å². The van der Waals surface area contributed by atoms with Crippen LogP contribution in [0.1, 0.15) is 49.7 Å². The second-order valence-electron chi connectivity index (χ2n) is 8.29. The molecule has 1 aromatic heterocycles. The average molecular weight is 500 g/mol. The number of carbonyl (C=O) groups excluding carboxylic acids is 1. The molecule has 1 aliphatic rings. The van der Waals surface area contributed by atoms with E-state index in [1.54, 1.807) is 0 Å². The van der Waals surface area contributed by atoms with Gasteiger partial charge in [0.15, 0.2) is 5.54 Å². The molecule has 184 valence electrons. The molecule has 0 spiro atoms. The van der Waals surface area contributed by atoms with E-state index in [9.17, 15) is 30.8 Å². The quantitative estimate of drug-likeness (QED) is 0.424. The molecular weight excluding hydrogens is 474 g/mol. The van der Waals surface area contributed by atoms with Gasteiger partial charge in [-0.15, -0.1) is 0 Å². The van der Waals surface area contributed by atoms with Crippen LogP contribution in [0.4, 0.5) is 23.2 Å². The normalized spacial score (nSPS) is 17.3. The lowest BCUT2D eigenvalue weighted by Gasteiger charge is -2.40. The van der Waals surface area contributed by atoms with Crippen molar-refractivity contribution in [3.8, 4) is 0 Å². The van der Waals surface area contributed by atoms with Crippen molar-refractivity contribution in [3.05, 3.63) is 71.3 Å². The van der Waals surface area contributed by atoms with Crippen molar-refractivity contribution in [2.45, 2.75) is 50.2 Å². The fourth-order valence-corrected chi connectivity index (χ4v) is 4.61. The predicted molar refractivity (Wildman–Crippen MR) is 120 cm³/mol. The third kappa shape index (κ3) is 5.40. The van der Waals surface area contributed by atoms with Crippen LogP contribution in [0.25, 0.3) is 0 Å². The van der Waals surface area contributed by atoms with Crippen molar-refractivity contribution in [1.29, 1.82) is 0 Å². The van der Waals surface area contributed by atoms with Gasteiger partial charge in [0, 0.05) is 18.0 Å². The fourth-order valence-electron chi connectivity index (χ4n) is 4.05. The number of hydrogen-bond acceptors (Lipinski definition) is 4. The van der Waals surface area contributed by atoms with E-state index >= 15 is 0 Å². The number of sulfonamides is 1. The Balaban J connectivity index is 2.01. The Hall–Kier alpha value is -2.95. The van der Waals surface area contributed by atoms with Crippen LogP contribution in [-0.4, -0.2) is 31.7 Å². The topological polar surface area (TPSA) is 88.2 Å². The van der Waals surface area contributed by atoms with Gasteiger partial charge in [-0.2, -0.15) is 13.2 Å². The van der Waals surface area contributed by atoms with E-state index in [0.29, 0.717) is 12.8 Å². The van der Waals surface area contributed by atoms with Crippen LogP contribution >= 0.6 is 0 Å². The van der Waals surface area contributed by atoms with E-state index < -0.39 is 39.4 Å². The van der Waals surface area contributed by atoms with Crippen LogP contribution < -0.4 is 10.0 Å². The number of allylic oxidation sites excluding steroid dienone is 1. The summed E-state index contributed by atoms with van der Waals surface area (Å²) in [6.07, 6.45) is 1.84. The molecule has 2 atom stereocenters. The van der Waals surface area contributed by atoms with Crippen LogP contribution in [0.15, 0.2) is 54.4 Å². The third-order valence-electron chi connectivity index (χ3n) is 5.78. The highest BCUT2D eigenvalue weighted by molar-refractivity contribution is 7.92. The number of pyridine rings is 1. The Morgan fingerprint density at radius 1 is 1.18 bits per heavy atom. The Kier molecular flexibility index (Phi) is 7.35. The number of carbonyl (C=O) groups is 1. The van der Waals surface area contributed by atoms with Gasteiger partial charge in [-0.05, 0) is 61.9 Å². The summed E-state index contributed by atoms with van der Waals surface area (Å²) < 4.78 is 83.4. The molecule has 1 heterocycles. The van der Waals surface area contributed by atoms with E-state index in [1.807, 2.05) is 4.72 Å². The molecule has 0 saturated carbocycles. The van der Waals surface area contributed by atoms with Gasteiger partial charge in [0.1, 0.15) is 5.82 Å². The monoisotopic (exact) mass is 499 g/mol. The molecular formula is C23H25F4N3O3S. The Morgan fingerprint density at radius 2 is 1.91 bits per heavy atom. The molecule has 3 rings (SSSR count). The molecule has 1 aromatic carbocycles. The number of aromatic nitrogens is 1. The molecule has 11 heteroatoms. The van der Waals surface area contributed by atoms with Gasteiger partial charge >= 0.3 is 6.18 Å². The predicted octanol–water partition coefficient (Wildman–Crippen LogP) is 4.77. The molecule has 0 radical (unpaired) electrons. The number of nitrogens with one attached hydrogen (secondary N) is 2. The smallest absolute Gasteiger partial charge is 0.334 e. The number of hydrogen-bond donors (Lipinski definition) is 2. The summed E-state index contributed by atoms with van der Waals surface area (Å²) in [7, 11) is -3.74. The van der Waals surface area contributed by atoms with E-state index in [2.05, 4.69) is 10.3 Å². The van der Waals surface area contributed by atoms with Crippen LogP contribution in [0.2, 0.25) is 0 Å². The summed E-state index contributed by atoms with van der Waals surface area (Å²) in [5.74, 6) is -3.08. The van der Waals surface area contributed by atoms with Crippen molar-refractivity contribution in [3.63, 3.8) is 0 Å². The fraction of sp³-hybridized carbons (Fsp3) is 0.391. The SMILES string of the molecule is CC(C(=O)NC(C1=CCCCC1)(c1cccnc1)C(F)(F)F)c1ccc(NS(C)(=O)=O)c(F)c1. The largest absolute Gasteiger partial charge is 0.419 e. The summed E-state index contributed by atoms with van der Waals surface area (Å²) in [5, 5.41) is 2.22. The molecule has 2 N–H and O–H groups in total. The number of amides is 1. The molecule has 0 saturated heterocycles. The van der Waals surface area contributed by atoms with Gasteiger partial charge in [0.2, 0.25) is 15.9 Å². The maximum atomic E-state index is 14.7. The molecule has 0 fully saturated rings. The minimum absolute atomic E-state index is 0.0404. The summed E-state index contributed by atoms with van der Waals surface area (Å²) in [6, 6.07) is 5.98. The third-order valence-corrected chi connectivity index (χ3v) is 6.38. The molecule has 2 aromatic rings. The zero-order valence-corrected chi connectivity index (χ0v) is 19.4. The van der Waals surface area contributed by atoms with Crippen LogP contribution in [-0.2, 0) is 20.4 Å². The molecule has 1 amide bonds. The van der Waals surface area contributed by atoms with E-state index in [1.165, 1.54) is 37.4 Å². The van der Waals surface area contributed by atoms with Gasteiger partial charge in [-0.1, -0.05) is 18.2 Å². The van der Waals surface area contributed by atoms with Crippen molar-refractivity contribution in [1.82, 2.24) is 10.3 Å². The average Bonchev–Trinajstić information content (AvgIpc) is 2.77. The Bertz CT molecular complexity index is 1180. The number of halogens is 4. The number of nitrogens with zero attached hydrogens (tertiary/aromatic N) is 1. The van der Waals surface area contributed by atoms with Crippen molar-refractivity contribution in [2.24, 2.45) is 0 Å². The highest BCUT2D eigenvalue weighted by Crippen LogP contribution is 2.47. The highest BCUT2D eigenvalue weighted by atomic mass is 32.2. The lowest BCUT2D eigenvalue weighted by atomic mass is 9.77. The standard InChI is InChI=1S/C23H25F4N3O3S/c1-15(16-10-11-20(19(24)13-16)30-34(2,32)33)21(31)29-22(23(25,26)27,17-7-4-3-5-8-17)18-9-6-12-28-14-18/h6-7,9-15,30H,3-5,8H2,1-2H3,(H,29,31). The Morgan fingerprint density at radius 3 is 2.44 bits per heavy atom. The molecule has 2 unspecified atom stereocenters. The van der Waals surface area contributed by atoms with Crippen molar-refractivity contribution >= 4 is 21.6 Å².